The van der Waals surface area contributed by atoms with Gasteiger partial charge in [-0.3, -0.25) is 9.78 Å². The van der Waals surface area contributed by atoms with Crippen LogP contribution in [0.25, 0.3) is 11.4 Å². The summed E-state index contributed by atoms with van der Waals surface area (Å²) in [6, 6.07) is 7.54. The highest BCUT2D eigenvalue weighted by atomic mass is 16.2. The van der Waals surface area contributed by atoms with Gasteiger partial charge in [0.2, 0.25) is 0 Å². The Hall–Kier alpha value is -3.16. The molecule has 1 aromatic carbocycles. The Bertz CT molecular complexity index is 937. The van der Waals surface area contributed by atoms with E-state index in [1.54, 1.807) is 11.0 Å². The lowest BCUT2D eigenvalue weighted by Crippen LogP contribution is -2.40. The number of aromatic amines is 1. The van der Waals surface area contributed by atoms with Crippen molar-refractivity contribution in [3.8, 4) is 11.4 Å². The number of hydrogen-bond donors (Lipinski definition) is 2. The van der Waals surface area contributed by atoms with Crippen LogP contribution in [0.3, 0.4) is 0 Å². The van der Waals surface area contributed by atoms with Crippen LogP contribution in [-0.2, 0) is 7.05 Å². The van der Waals surface area contributed by atoms with E-state index >= 15 is 0 Å². The molecule has 8 nitrogen and oxygen atoms in total. The van der Waals surface area contributed by atoms with Crippen LogP contribution in [0, 0.1) is 6.92 Å². The third-order valence-corrected chi connectivity index (χ3v) is 5.06. The minimum absolute atomic E-state index is 0.0662. The Balaban J connectivity index is 1.38. The second kappa shape index (κ2) is 7.22. The second-order valence-electron chi connectivity index (χ2n) is 6.96. The molecule has 0 spiro atoms. The highest BCUT2D eigenvalue weighted by molar-refractivity contribution is 5.90. The monoisotopic (exact) mass is 365 g/mol. The minimum atomic E-state index is -0.0662. The lowest BCUT2D eigenvalue weighted by atomic mass is 9.90. The van der Waals surface area contributed by atoms with E-state index < -0.39 is 0 Å². The smallest absolute Gasteiger partial charge is 0.321 e. The zero-order chi connectivity index (χ0) is 18.8. The van der Waals surface area contributed by atoms with Crippen molar-refractivity contribution in [2.24, 2.45) is 7.05 Å². The quantitative estimate of drug-likeness (QED) is 0.746. The average Bonchev–Trinajstić information content (AvgIpc) is 3.30. The summed E-state index contributed by atoms with van der Waals surface area (Å²) in [6.45, 7) is 3.52. The fraction of sp³-hybridized carbons (Fsp3) is 0.368. The molecular formula is C19H23N7O. The summed E-state index contributed by atoms with van der Waals surface area (Å²) in [4.78, 5) is 18.8. The molecule has 8 heteroatoms. The van der Waals surface area contributed by atoms with Gasteiger partial charge in [0, 0.05) is 37.1 Å². The van der Waals surface area contributed by atoms with Gasteiger partial charge in [0.05, 0.1) is 6.20 Å². The van der Waals surface area contributed by atoms with Gasteiger partial charge in [0.15, 0.2) is 5.82 Å². The highest BCUT2D eigenvalue weighted by Crippen LogP contribution is 2.29. The summed E-state index contributed by atoms with van der Waals surface area (Å²) in [6.07, 6.45) is 5.47. The number of urea groups is 1. The number of benzene rings is 1. The number of piperidine rings is 1. The Kier molecular flexibility index (Phi) is 4.62. The summed E-state index contributed by atoms with van der Waals surface area (Å²) >= 11 is 0. The van der Waals surface area contributed by atoms with E-state index in [1.807, 2.05) is 49.3 Å². The molecule has 27 heavy (non-hydrogen) atoms. The predicted octanol–water partition coefficient (Wildman–Crippen LogP) is 2.93. The van der Waals surface area contributed by atoms with Crippen molar-refractivity contribution < 1.29 is 4.79 Å². The van der Waals surface area contributed by atoms with Crippen LogP contribution in [0.5, 0.6) is 0 Å². The maximum Gasteiger partial charge on any atom is 0.321 e. The average molecular weight is 365 g/mol. The minimum Gasteiger partial charge on any atom is -0.324 e. The van der Waals surface area contributed by atoms with Crippen LogP contribution in [-0.4, -0.2) is 49.0 Å². The van der Waals surface area contributed by atoms with Crippen molar-refractivity contribution in [1.29, 1.82) is 0 Å². The Morgan fingerprint density at radius 3 is 2.78 bits per heavy atom. The number of likely N-dealkylation sites (tertiary alicyclic amines) is 1. The maximum atomic E-state index is 12.6. The standard InChI is InChI=1S/C19H23N7O/c1-13-17(11-21-23-13)14-6-8-26(9-7-14)19(27)22-16-5-3-4-15(10-16)18-20-12-25(2)24-18/h3-5,10-12,14H,6-9H2,1-2H3,(H,21,23)(H,22,27). The number of carbonyl (C=O) groups excluding carboxylic acids is 1. The molecule has 1 fully saturated rings. The van der Waals surface area contributed by atoms with Gasteiger partial charge in [-0.2, -0.15) is 10.2 Å². The number of H-pyrrole nitrogens is 1. The number of rotatable bonds is 3. The molecule has 0 unspecified atom stereocenters. The predicted molar refractivity (Wildman–Crippen MR) is 102 cm³/mol. The topological polar surface area (TPSA) is 91.7 Å². The molecular weight excluding hydrogens is 342 g/mol. The van der Waals surface area contributed by atoms with Crippen molar-refractivity contribution in [1.82, 2.24) is 29.9 Å². The molecule has 2 aromatic heterocycles. The van der Waals surface area contributed by atoms with Crippen LogP contribution < -0.4 is 5.32 Å². The van der Waals surface area contributed by atoms with Gasteiger partial charge in [-0.1, -0.05) is 12.1 Å². The second-order valence-corrected chi connectivity index (χ2v) is 6.96. The lowest BCUT2D eigenvalue weighted by molar-refractivity contribution is 0.194. The molecule has 1 aliphatic heterocycles. The summed E-state index contributed by atoms with van der Waals surface area (Å²) < 4.78 is 1.66. The van der Waals surface area contributed by atoms with Crippen LogP contribution in [0.1, 0.15) is 30.0 Å². The van der Waals surface area contributed by atoms with Crippen molar-refractivity contribution in [2.45, 2.75) is 25.7 Å². The third-order valence-electron chi connectivity index (χ3n) is 5.06. The molecule has 0 bridgehead atoms. The number of nitrogens with zero attached hydrogens (tertiary/aromatic N) is 5. The molecule has 0 atom stereocenters. The number of carbonyl (C=O) groups is 1. The van der Waals surface area contributed by atoms with E-state index in [0.717, 1.165) is 42.9 Å². The Morgan fingerprint density at radius 1 is 1.30 bits per heavy atom. The summed E-state index contributed by atoms with van der Waals surface area (Å²) in [5.41, 5.74) is 4.02. The first-order valence-corrected chi connectivity index (χ1v) is 9.12. The number of amides is 2. The van der Waals surface area contributed by atoms with E-state index in [-0.39, 0.29) is 6.03 Å². The van der Waals surface area contributed by atoms with Gasteiger partial charge in [-0.15, -0.1) is 0 Å². The van der Waals surface area contributed by atoms with Crippen LogP contribution in [0.15, 0.2) is 36.8 Å². The Morgan fingerprint density at radius 2 is 2.11 bits per heavy atom. The number of hydrogen-bond acceptors (Lipinski definition) is 4. The fourth-order valence-corrected chi connectivity index (χ4v) is 3.58. The molecule has 4 rings (SSSR count). The summed E-state index contributed by atoms with van der Waals surface area (Å²) in [5, 5.41) is 14.4. The molecule has 140 valence electrons. The van der Waals surface area contributed by atoms with Crippen LogP contribution in [0.2, 0.25) is 0 Å². The van der Waals surface area contributed by atoms with Gasteiger partial charge in [0.1, 0.15) is 6.33 Å². The molecule has 0 aliphatic carbocycles. The number of aromatic nitrogens is 5. The number of nitrogens with one attached hydrogen (secondary N) is 2. The zero-order valence-electron chi connectivity index (χ0n) is 15.5. The van der Waals surface area contributed by atoms with Gasteiger partial charge in [-0.05, 0) is 43.4 Å². The summed E-state index contributed by atoms with van der Waals surface area (Å²) in [5.74, 6) is 1.11. The van der Waals surface area contributed by atoms with E-state index in [0.29, 0.717) is 11.7 Å². The van der Waals surface area contributed by atoms with Crippen molar-refractivity contribution in [3.05, 3.63) is 48.0 Å². The first-order chi connectivity index (χ1) is 13.1. The third kappa shape index (κ3) is 3.69. The van der Waals surface area contributed by atoms with Crippen molar-refractivity contribution in [3.63, 3.8) is 0 Å². The van der Waals surface area contributed by atoms with Crippen molar-refractivity contribution >= 4 is 11.7 Å². The van der Waals surface area contributed by atoms with Gasteiger partial charge >= 0.3 is 6.03 Å². The van der Waals surface area contributed by atoms with Gasteiger partial charge in [-0.25, -0.2) is 9.78 Å². The van der Waals surface area contributed by atoms with E-state index in [1.165, 1.54) is 5.56 Å². The highest BCUT2D eigenvalue weighted by Gasteiger charge is 2.25. The molecule has 2 N–H and O–H groups in total. The van der Waals surface area contributed by atoms with E-state index in [9.17, 15) is 4.79 Å². The van der Waals surface area contributed by atoms with E-state index in [2.05, 4.69) is 25.6 Å². The molecule has 0 saturated carbocycles. The lowest BCUT2D eigenvalue weighted by Gasteiger charge is -2.32. The molecule has 0 radical (unpaired) electrons. The largest absolute Gasteiger partial charge is 0.324 e. The van der Waals surface area contributed by atoms with Gasteiger partial charge < -0.3 is 10.2 Å². The molecule has 3 aromatic rings. The molecule has 1 saturated heterocycles. The normalized spacial score (nSPS) is 15.1. The first-order valence-electron chi connectivity index (χ1n) is 9.12. The zero-order valence-corrected chi connectivity index (χ0v) is 15.5. The SMILES string of the molecule is Cc1[nH]ncc1C1CCN(C(=O)Nc2cccc(-c3ncn(C)n3)c2)CC1. The van der Waals surface area contributed by atoms with Crippen molar-refractivity contribution in [2.75, 3.05) is 18.4 Å². The van der Waals surface area contributed by atoms with Gasteiger partial charge in [0.25, 0.3) is 0 Å². The molecule has 2 amide bonds. The number of anilines is 1. The van der Waals surface area contributed by atoms with E-state index in [4.69, 9.17) is 0 Å². The van der Waals surface area contributed by atoms with Crippen LogP contribution in [0.4, 0.5) is 10.5 Å². The fourth-order valence-electron chi connectivity index (χ4n) is 3.58. The Labute approximate surface area is 157 Å². The molecule has 1 aliphatic rings. The summed E-state index contributed by atoms with van der Waals surface area (Å²) in [7, 11) is 1.83. The number of aryl methyl sites for hydroxylation is 2. The van der Waals surface area contributed by atoms with Crippen LogP contribution >= 0.6 is 0 Å². The maximum absolute atomic E-state index is 12.6. The molecule has 3 heterocycles. The first kappa shape index (κ1) is 17.3.